The monoisotopic (exact) mass is 643 g/mol. The molecule has 5 atom stereocenters. The molecule has 11 nitrogen and oxygen atoms in total. The predicted octanol–water partition coefficient (Wildman–Crippen LogP) is 4.63. The molecule has 3 aliphatic heterocycles. The number of carbonyl (C=O) groups is 2. The van der Waals surface area contributed by atoms with E-state index in [4.69, 9.17) is 32.4 Å². The molecule has 0 unspecified atom stereocenters. The van der Waals surface area contributed by atoms with Crippen LogP contribution < -0.4 is 16.0 Å². The molecule has 44 heavy (non-hydrogen) atoms. The highest BCUT2D eigenvalue weighted by atomic mass is 35.5. The van der Waals surface area contributed by atoms with Gasteiger partial charge in [0.2, 0.25) is 24.1 Å². The summed E-state index contributed by atoms with van der Waals surface area (Å²) in [5, 5.41) is 17.2. The van der Waals surface area contributed by atoms with Gasteiger partial charge in [-0.3, -0.25) is 14.9 Å². The van der Waals surface area contributed by atoms with E-state index in [1.165, 1.54) is 18.7 Å². The van der Waals surface area contributed by atoms with Crippen LogP contribution in [0.4, 0.5) is 10.2 Å². The molecule has 4 aliphatic rings. The van der Waals surface area contributed by atoms with Crippen molar-refractivity contribution >= 4 is 40.8 Å². The number of ether oxygens (including phenoxy) is 1. The van der Waals surface area contributed by atoms with Gasteiger partial charge in [-0.15, -0.1) is 10.2 Å². The summed E-state index contributed by atoms with van der Waals surface area (Å²) in [5.41, 5.74) is -1.55. The Morgan fingerprint density at radius 3 is 2.64 bits per heavy atom. The molecule has 3 N–H and O–H groups in total. The highest BCUT2D eigenvalue weighted by molar-refractivity contribution is 6.30. The van der Waals surface area contributed by atoms with Gasteiger partial charge in [-0.25, -0.2) is 14.4 Å². The topological polar surface area (TPSA) is 144 Å². The van der Waals surface area contributed by atoms with Gasteiger partial charge in [0, 0.05) is 23.2 Å². The lowest BCUT2D eigenvalue weighted by Gasteiger charge is -2.50. The van der Waals surface area contributed by atoms with Gasteiger partial charge in [0.15, 0.2) is 11.0 Å². The zero-order chi connectivity index (χ0) is 30.9. The van der Waals surface area contributed by atoms with E-state index in [9.17, 15) is 9.59 Å². The number of halogens is 3. The van der Waals surface area contributed by atoms with Crippen molar-refractivity contribution in [2.75, 3.05) is 11.9 Å². The van der Waals surface area contributed by atoms with Crippen LogP contribution in [0.5, 0.6) is 0 Å². The summed E-state index contributed by atoms with van der Waals surface area (Å²) in [5.74, 6) is -1.77. The van der Waals surface area contributed by atoms with E-state index < -0.39 is 28.7 Å². The van der Waals surface area contributed by atoms with Crippen LogP contribution in [0.25, 0.3) is 0 Å². The van der Waals surface area contributed by atoms with E-state index in [1.807, 2.05) is 0 Å². The number of fused-ring (bicyclic) bond motifs is 3. The molecule has 0 bridgehead atoms. The number of aromatic nitrogens is 4. The maximum Gasteiger partial charge on any atom is 0.244 e. The average molecular weight is 645 g/mol. The lowest BCUT2D eigenvalue weighted by molar-refractivity contribution is -0.126. The van der Waals surface area contributed by atoms with Gasteiger partial charge in [-0.1, -0.05) is 43.1 Å². The zero-order valence-electron chi connectivity index (χ0n) is 24.2. The first-order chi connectivity index (χ1) is 21.0. The second kappa shape index (κ2) is 10.7. The Morgan fingerprint density at radius 2 is 1.93 bits per heavy atom. The Balaban J connectivity index is 1.31. The minimum absolute atomic E-state index is 0.0275. The van der Waals surface area contributed by atoms with E-state index in [-0.39, 0.29) is 51.9 Å². The minimum Gasteiger partial charge on any atom is -0.425 e. The standard InChI is InChI=1S/C30H32Cl2FN7O4/c1-28(2)8-10-29(11-9-28)30(17-4-6-19(31)37-24(17)38-27(30)42)20(16-7-12-34-23(32)21(16)33)22(39-29)25(41)36-15-3-5-18(43-13-15)26-40-35-14-44-26/h4,6-7,12,14-15,18,20,22,39H,3,5,8-11,13H2,1-2H3,(H,36,41)(H,37,38,42)/t15-,18+,20+,22-,30-/m1/s1. The first-order valence-electron chi connectivity index (χ1n) is 14.8. The molecule has 3 aromatic rings. The molecular weight excluding hydrogens is 612 g/mol. The second-order valence-corrected chi connectivity index (χ2v) is 13.8. The molecule has 1 saturated carbocycles. The van der Waals surface area contributed by atoms with Crippen molar-refractivity contribution in [2.24, 2.45) is 5.41 Å². The molecule has 0 radical (unpaired) electrons. The summed E-state index contributed by atoms with van der Waals surface area (Å²) in [6.45, 7) is 4.61. The Hall–Kier alpha value is -3.19. The first-order valence-corrected chi connectivity index (χ1v) is 15.5. The smallest absolute Gasteiger partial charge is 0.244 e. The van der Waals surface area contributed by atoms with E-state index in [0.29, 0.717) is 43.0 Å². The van der Waals surface area contributed by atoms with Gasteiger partial charge in [0.05, 0.1) is 18.7 Å². The molecule has 14 heteroatoms. The number of carbonyl (C=O) groups excluding carboxylic acids is 2. The molecule has 2 amide bonds. The van der Waals surface area contributed by atoms with Crippen molar-refractivity contribution < 1.29 is 23.1 Å². The van der Waals surface area contributed by atoms with Crippen LogP contribution in [0, 0.1) is 11.2 Å². The Morgan fingerprint density at radius 1 is 1.14 bits per heavy atom. The lowest BCUT2D eigenvalue weighted by atomic mass is 9.53. The van der Waals surface area contributed by atoms with Crippen LogP contribution in [0.15, 0.2) is 35.2 Å². The molecule has 1 aliphatic carbocycles. The molecule has 3 fully saturated rings. The van der Waals surface area contributed by atoms with E-state index in [0.717, 1.165) is 12.8 Å². The van der Waals surface area contributed by atoms with Gasteiger partial charge >= 0.3 is 0 Å². The van der Waals surface area contributed by atoms with Gasteiger partial charge in [-0.05, 0) is 61.6 Å². The van der Waals surface area contributed by atoms with E-state index in [1.54, 1.807) is 12.1 Å². The average Bonchev–Trinajstić information content (AvgIpc) is 3.70. The number of amides is 2. The molecule has 3 aromatic heterocycles. The maximum absolute atomic E-state index is 16.0. The fourth-order valence-corrected chi connectivity index (χ4v) is 8.18. The summed E-state index contributed by atoms with van der Waals surface area (Å²) >= 11 is 12.5. The number of rotatable bonds is 4. The number of hydrogen-bond acceptors (Lipinski definition) is 9. The third kappa shape index (κ3) is 4.52. The number of nitrogens with one attached hydrogen (secondary N) is 3. The number of nitrogens with zero attached hydrogens (tertiary/aromatic N) is 4. The number of anilines is 1. The van der Waals surface area contributed by atoms with Gasteiger partial charge in [-0.2, -0.15) is 0 Å². The quantitative estimate of drug-likeness (QED) is 0.347. The van der Waals surface area contributed by atoms with Crippen molar-refractivity contribution in [1.82, 2.24) is 30.8 Å². The third-order valence-corrected chi connectivity index (χ3v) is 10.6. The van der Waals surface area contributed by atoms with Crippen molar-refractivity contribution in [2.45, 2.75) is 87.4 Å². The van der Waals surface area contributed by atoms with Gasteiger partial charge < -0.3 is 19.8 Å². The van der Waals surface area contributed by atoms with Crippen LogP contribution in [0.2, 0.25) is 10.3 Å². The molecule has 6 heterocycles. The molecule has 7 rings (SSSR count). The summed E-state index contributed by atoms with van der Waals surface area (Å²) < 4.78 is 27.3. The SMILES string of the molecule is CC1(C)CCC2(CC1)N[C@@H](C(=O)N[C@@H]1CC[C@@H](c3nnco3)OC1)[C@H](c1ccnc(Cl)c1F)[C@]21C(=O)Nc2nc(Cl)ccc21. The largest absolute Gasteiger partial charge is 0.425 e. The van der Waals surface area contributed by atoms with Crippen molar-refractivity contribution in [3.8, 4) is 0 Å². The normalized spacial score (nSPS) is 30.3. The van der Waals surface area contributed by atoms with Crippen LogP contribution in [-0.2, 0) is 19.7 Å². The molecule has 232 valence electrons. The maximum atomic E-state index is 16.0. The van der Waals surface area contributed by atoms with Crippen LogP contribution >= 0.6 is 23.2 Å². The zero-order valence-corrected chi connectivity index (χ0v) is 25.7. The van der Waals surface area contributed by atoms with Crippen molar-refractivity contribution in [3.63, 3.8) is 0 Å². The third-order valence-electron chi connectivity index (χ3n) is 10.1. The van der Waals surface area contributed by atoms with Crippen molar-refractivity contribution in [3.05, 3.63) is 63.9 Å². The Bertz CT molecular complexity index is 1600. The van der Waals surface area contributed by atoms with Crippen molar-refractivity contribution in [1.29, 1.82) is 0 Å². The Labute approximate surface area is 263 Å². The number of pyridine rings is 2. The van der Waals surface area contributed by atoms with Gasteiger partial charge in [0.1, 0.15) is 22.5 Å². The Kier molecular flexibility index (Phi) is 7.19. The minimum atomic E-state index is -1.39. The van der Waals surface area contributed by atoms with E-state index in [2.05, 4.69) is 50.0 Å². The van der Waals surface area contributed by atoms with Crippen LogP contribution in [0.1, 0.15) is 81.4 Å². The summed E-state index contributed by atoms with van der Waals surface area (Å²) in [4.78, 5) is 37.2. The second-order valence-electron chi connectivity index (χ2n) is 13.0. The highest BCUT2D eigenvalue weighted by Gasteiger charge is 2.73. The summed E-state index contributed by atoms with van der Waals surface area (Å²) in [6, 6.07) is 3.59. The van der Waals surface area contributed by atoms with Gasteiger partial charge in [0.25, 0.3) is 0 Å². The highest BCUT2D eigenvalue weighted by Crippen LogP contribution is 2.63. The number of hydrogen-bond donors (Lipinski definition) is 3. The fourth-order valence-electron chi connectivity index (χ4n) is 7.87. The molecule has 2 saturated heterocycles. The molecule has 2 spiro atoms. The lowest BCUT2D eigenvalue weighted by Crippen LogP contribution is -2.61. The summed E-state index contributed by atoms with van der Waals surface area (Å²) in [7, 11) is 0. The van der Waals surface area contributed by atoms with Crippen LogP contribution in [-0.4, -0.2) is 56.2 Å². The fraction of sp³-hybridized carbons (Fsp3) is 0.533. The summed E-state index contributed by atoms with van der Waals surface area (Å²) in [6.07, 6.45) is 6.20. The molecule has 0 aromatic carbocycles. The van der Waals surface area contributed by atoms with E-state index >= 15 is 4.39 Å². The first kappa shape index (κ1) is 29.5. The van der Waals surface area contributed by atoms with Crippen LogP contribution in [0.3, 0.4) is 0 Å². The molecular formula is C30H32Cl2FN7O4. The predicted molar refractivity (Wildman–Crippen MR) is 158 cm³/mol.